The molecule has 1 saturated heterocycles. The second-order valence-corrected chi connectivity index (χ2v) is 9.47. The summed E-state index contributed by atoms with van der Waals surface area (Å²) in [6.07, 6.45) is 2.38. The second-order valence-electron chi connectivity index (χ2n) is 8.33. The van der Waals surface area contributed by atoms with Crippen LogP contribution in [0, 0.1) is 0 Å². The van der Waals surface area contributed by atoms with Crippen molar-refractivity contribution >= 4 is 35.4 Å². The molecule has 1 aliphatic carbocycles. The van der Waals surface area contributed by atoms with E-state index < -0.39 is 29.0 Å². The highest BCUT2D eigenvalue weighted by Crippen LogP contribution is 2.50. The Morgan fingerprint density at radius 3 is 2.36 bits per heavy atom. The first kappa shape index (κ1) is 23.9. The number of alkyl halides is 3. The van der Waals surface area contributed by atoms with Crippen LogP contribution in [0.5, 0.6) is 5.75 Å². The number of imide groups is 1. The first-order valence-electron chi connectivity index (χ1n) is 10.9. The monoisotopic (exact) mass is 513 g/mol. The number of rotatable bonds is 6. The van der Waals surface area contributed by atoms with Gasteiger partial charge in [0.05, 0.1) is 5.69 Å². The van der Waals surface area contributed by atoms with Crippen LogP contribution in [0.4, 0.5) is 23.7 Å². The molecule has 1 aromatic heterocycles. The summed E-state index contributed by atoms with van der Waals surface area (Å²) < 4.78 is 43.2. The number of halogens is 3. The Bertz CT molecular complexity index is 1330. The van der Waals surface area contributed by atoms with Gasteiger partial charge in [-0.1, -0.05) is 18.2 Å². The lowest BCUT2D eigenvalue weighted by atomic mass is 10.1. The average Bonchev–Trinajstić information content (AvgIpc) is 3.62. The number of anilines is 1. The number of urea groups is 1. The molecule has 0 N–H and O–H groups in total. The summed E-state index contributed by atoms with van der Waals surface area (Å²) in [7, 11) is 0. The maximum Gasteiger partial charge on any atom is 0.446 e. The lowest BCUT2D eigenvalue weighted by Crippen LogP contribution is -2.36. The van der Waals surface area contributed by atoms with E-state index in [-0.39, 0.29) is 34.6 Å². The van der Waals surface area contributed by atoms with Crippen molar-refractivity contribution in [2.24, 2.45) is 0 Å². The first-order chi connectivity index (χ1) is 17.2. The van der Waals surface area contributed by atoms with Gasteiger partial charge in [0.15, 0.2) is 0 Å². The van der Waals surface area contributed by atoms with Crippen LogP contribution < -0.4 is 9.64 Å². The van der Waals surface area contributed by atoms with Crippen molar-refractivity contribution in [1.82, 2.24) is 9.88 Å². The quantitative estimate of drug-likeness (QED) is 0.190. The first-order valence-corrected chi connectivity index (χ1v) is 11.7. The summed E-state index contributed by atoms with van der Waals surface area (Å²) >= 11 is -0.270. The van der Waals surface area contributed by atoms with Crippen LogP contribution in [0.2, 0.25) is 0 Å². The summed E-state index contributed by atoms with van der Waals surface area (Å²) in [5, 5.41) is 0. The van der Waals surface area contributed by atoms with Crippen molar-refractivity contribution in [3.05, 3.63) is 84.2 Å². The molecular formula is C25H18F3N3O4S. The van der Waals surface area contributed by atoms with Crippen molar-refractivity contribution < 1.29 is 32.3 Å². The number of hydrogen-bond acceptors (Lipinski definition) is 6. The third-order valence-corrected chi connectivity index (χ3v) is 6.66. The Morgan fingerprint density at radius 1 is 1.03 bits per heavy atom. The number of hydrogen-bond donors (Lipinski definition) is 0. The van der Waals surface area contributed by atoms with Crippen LogP contribution in [0.1, 0.15) is 28.9 Å². The predicted octanol–water partition coefficient (Wildman–Crippen LogP) is 5.41. The van der Waals surface area contributed by atoms with Crippen LogP contribution in [0.15, 0.2) is 77.8 Å². The highest BCUT2D eigenvalue weighted by molar-refractivity contribution is 8.00. The number of amides is 3. The van der Waals surface area contributed by atoms with Gasteiger partial charge in [-0.05, 0) is 78.7 Å². The van der Waals surface area contributed by atoms with Crippen LogP contribution in [0.3, 0.4) is 0 Å². The molecule has 5 rings (SSSR count). The summed E-state index contributed by atoms with van der Waals surface area (Å²) in [6, 6.07) is 16.2. The summed E-state index contributed by atoms with van der Waals surface area (Å²) in [6.45, 7) is 0.0528. The third kappa shape index (κ3) is 4.66. The molecule has 0 bridgehead atoms. The summed E-state index contributed by atoms with van der Waals surface area (Å²) in [5.41, 5.74) is -4.60. The molecule has 1 spiro atoms. The Labute approximate surface area is 207 Å². The van der Waals surface area contributed by atoms with E-state index in [0.717, 1.165) is 4.90 Å². The van der Waals surface area contributed by atoms with Gasteiger partial charge in [0, 0.05) is 17.6 Å². The fourth-order valence-corrected chi connectivity index (χ4v) is 4.61. The SMILES string of the molecule is O=C(Oc1ccccc1)c1cc(CN2C(=O)N(c3ccc(SC(F)(F)F)cc3)C(=O)C23CC3)ccn1. The highest BCUT2D eigenvalue weighted by Gasteiger charge is 2.65. The van der Waals surface area contributed by atoms with Gasteiger partial charge in [-0.25, -0.2) is 19.5 Å². The second kappa shape index (κ2) is 8.98. The van der Waals surface area contributed by atoms with Gasteiger partial charge < -0.3 is 9.64 Å². The van der Waals surface area contributed by atoms with E-state index >= 15 is 0 Å². The predicted molar refractivity (Wildman–Crippen MR) is 124 cm³/mol. The van der Waals surface area contributed by atoms with Crippen LogP contribution >= 0.6 is 11.8 Å². The molecular weight excluding hydrogens is 495 g/mol. The smallest absolute Gasteiger partial charge is 0.422 e. The molecule has 3 amide bonds. The summed E-state index contributed by atoms with van der Waals surface area (Å²) in [5.74, 6) is -0.713. The molecule has 0 unspecified atom stereocenters. The topological polar surface area (TPSA) is 79.8 Å². The van der Waals surface area contributed by atoms with Gasteiger partial charge in [0.1, 0.15) is 17.0 Å². The molecule has 36 heavy (non-hydrogen) atoms. The van der Waals surface area contributed by atoms with E-state index in [1.807, 2.05) is 0 Å². The minimum absolute atomic E-state index is 0.0463. The number of thioether (sulfide) groups is 1. The number of carbonyl (C=O) groups is 3. The number of aromatic nitrogens is 1. The molecule has 2 heterocycles. The van der Waals surface area contributed by atoms with Gasteiger partial charge >= 0.3 is 17.5 Å². The molecule has 2 aliphatic rings. The largest absolute Gasteiger partial charge is 0.446 e. The van der Waals surface area contributed by atoms with Crippen LogP contribution in [-0.4, -0.2) is 38.8 Å². The van der Waals surface area contributed by atoms with E-state index in [1.165, 1.54) is 41.4 Å². The van der Waals surface area contributed by atoms with Gasteiger partial charge in [0.2, 0.25) is 0 Å². The maximum atomic E-state index is 13.3. The van der Waals surface area contributed by atoms with Gasteiger partial charge in [-0.3, -0.25) is 4.79 Å². The number of para-hydroxylation sites is 1. The van der Waals surface area contributed by atoms with Crippen molar-refractivity contribution in [3.63, 3.8) is 0 Å². The third-order valence-electron chi connectivity index (χ3n) is 5.92. The van der Waals surface area contributed by atoms with Crippen molar-refractivity contribution in [1.29, 1.82) is 0 Å². The lowest BCUT2D eigenvalue weighted by molar-refractivity contribution is -0.120. The Kier molecular flexibility index (Phi) is 5.95. The van der Waals surface area contributed by atoms with Gasteiger partial charge in [0.25, 0.3) is 5.91 Å². The zero-order valence-electron chi connectivity index (χ0n) is 18.6. The molecule has 7 nitrogen and oxygen atoms in total. The van der Waals surface area contributed by atoms with Crippen molar-refractivity contribution in [2.75, 3.05) is 4.90 Å². The van der Waals surface area contributed by atoms with E-state index in [1.54, 1.807) is 36.4 Å². The molecule has 184 valence electrons. The Balaban J connectivity index is 1.34. The number of carbonyl (C=O) groups excluding carboxylic acids is 3. The number of pyridine rings is 1. The fourth-order valence-electron chi connectivity index (χ4n) is 4.07. The molecule has 11 heteroatoms. The Hall–Kier alpha value is -3.86. The molecule has 2 fully saturated rings. The summed E-state index contributed by atoms with van der Waals surface area (Å²) in [4.78, 5) is 45.4. The lowest BCUT2D eigenvalue weighted by Gasteiger charge is -2.21. The maximum absolute atomic E-state index is 13.3. The molecule has 0 radical (unpaired) electrons. The number of benzene rings is 2. The average molecular weight is 513 g/mol. The van der Waals surface area contributed by atoms with Crippen LogP contribution in [-0.2, 0) is 11.3 Å². The van der Waals surface area contributed by atoms with Crippen molar-refractivity contribution in [3.8, 4) is 5.75 Å². The molecule has 1 aliphatic heterocycles. The standard InChI is InChI=1S/C25H18F3N3O4S/c26-25(27,28)36-19-8-6-17(7-9-19)31-22(33)24(11-12-24)30(23(31)34)15-16-10-13-29-20(14-16)21(32)35-18-4-2-1-3-5-18/h1-10,13-14H,11-12,15H2. The highest BCUT2D eigenvalue weighted by atomic mass is 32.2. The number of nitrogens with zero attached hydrogens (tertiary/aromatic N) is 3. The number of ether oxygens (including phenoxy) is 1. The number of esters is 1. The Morgan fingerprint density at radius 2 is 1.72 bits per heavy atom. The van der Waals surface area contributed by atoms with E-state index in [4.69, 9.17) is 4.74 Å². The molecule has 1 saturated carbocycles. The van der Waals surface area contributed by atoms with E-state index in [0.29, 0.717) is 24.2 Å². The molecule has 0 atom stereocenters. The van der Waals surface area contributed by atoms with Crippen molar-refractivity contribution in [2.45, 2.75) is 35.3 Å². The fraction of sp³-hybridized carbons (Fsp3) is 0.200. The normalized spacial score (nSPS) is 16.5. The van der Waals surface area contributed by atoms with Gasteiger partial charge in [-0.15, -0.1) is 0 Å². The van der Waals surface area contributed by atoms with Gasteiger partial charge in [-0.2, -0.15) is 13.2 Å². The minimum Gasteiger partial charge on any atom is -0.422 e. The van der Waals surface area contributed by atoms with E-state index in [9.17, 15) is 27.6 Å². The molecule has 3 aromatic rings. The van der Waals surface area contributed by atoms with Crippen LogP contribution in [0.25, 0.3) is 0 Å². The minimum atomic E-state index is -4.44. The zero-order valence-corrected chi connectivity index (χ0v) is 19.4. The van der Waals surface area contributed by atoms with E-state index in [2.05, 4.69) is 4.98 Å². The zero-order chi connectivity index (χ0) is 25.5. The molecule has 2 aromatic carbocycles.